The van der Waals surface area contributed by atoms with Gasteiger partial charge in [0.05, 0.1) is 0 Å². The maximum absolute atomic E-state index is 5.80. The third-order valence-corrected chi connectivity index (χ3v) is 12.9. The van der Waals surface area contributed by atoms with Crippen LogP contribution in [0.5, 0.6) is 34.5 Å². The van der Waals surface area contributed by atoms with Gasteiger partial charge in [-0.15, -0.1) is 0 Å². The summed E-state index contributed by atoms with van der Waals surface area (Å²) in [6.45, 7) is 60.9. The second-order valence-corrected chi connectivity index (χ2v) is 20.2. The Balaban J connectivity index is -0.000000545. The van der Waals surface area contributed by atoms with Gasteiger partial charge in [0.1, 0.15) is 34.5 Å². The molecule has 0 amide bonds. The number of hydrogen-bond donors (Lipinski definition) is 0. The van der Waals surface area contributed by atoms with E-state index in [1.165, 1.54) is 89.0 Å². The summed E-state index contributed by atoms with van der Waals surface area (Å²) in [5.41, 5.74) is 20.4. The molecule has 3 heteroatoms. The first kappa shape index (κ1) is 96.2. The van der Waals surface area contributed by atoms with Crippen LogP contribution in [0.4, 0.5) is 0 Å². The van der Waals surface area contributed by atoms with Gasteiger partial charge in [0, 0.05) is 0 Å². The fourth-order valence-electron chi connectivity index (χ4n) is 7.89. The molecule has 3 nitrogen and oxygen atoms in total. The second-order valence-electron chi connectivity index (χ2n) is 20.2. The number of benzene rings is 11. The molecule has 0 N–H and O–H groups in total. The molecule has 0 aliphatic heterocycles. The van der Waals surface area contributed by atoms with Crippen molar-refractivity contribution in [3.05, 3.63) is 323 Å². The lowest BCUT2D eigenvalue weighted by molar-refractivity contribution is 0.469. The number of ether oxygens (including phenoxy) is 3. The van der Waals surface area contributed by atoms with Crippen LogP contribution >= 0.6 is 0 Å². The minimum Gasteiger partial charge on any atom is -0.457 e. The molecule has 536 valence electrons. The summed E-state index contributed by atoms with van der Waals surface area (Å²) in [6, 6.07) is 91.6. The van der Waals surface area contributed by atoms with E-state index in [9.17, 15) is 0 Å². The van der Waals surface area contributed by atoms with Gasteiger partial charge in [0.15, 0.2) is 0 Å². The van der Waals surface area contributed by atoms with Crippen molar-refractivity contribution in [2.75, 3.05) is 0 Å². The van der Waals surface area contributed by atoms with Crippen LogP contribution in [0.3, 0.4) is 0 Å². The van der Waals surface area contributed by atoms with E-state index in [0.717, 1.165) is 34.5 Å². The van der Waals surface area contributed by atoms with Gasteiger partial charge in [0.2, 0.25) is 0 Å². The zero-order valence-corrected chi connectivity index (χ0v) is 67.6. The topological polar surface area (TPSA) is 27.7 Å². The van der Waals surface area contributed by atoms with Gasteiger partial charge in [-0.2, -0.15) is 0 Å². The molecule has 11 aromatic rings. The first-order valence-electron chi connectivity index (χ1n) is 37.0. The van der Waals surface area contributed by atoms with Gasteiger partial charge in [-0.1, -0.05) is 388 Å². The average molecular weight is 1340 g/mol. The quantitative estimate of drug-likeness (QED) is 0.144. The second kappa shape index (κ2) is 63.6. The van der Waals surface area contributed by atoms with Gasteiger partial charge in [-0.05, 0) is 175 Å². The Morgan fingerprint density at radius 2 is 0.182 bits per heavy atom. The predicted octanol–water partition coefficient (Wildman–Crippen LogP) is 32.2. The lowest BCUT2D eigenvalue weighted by Crippen LogP contribution is -1.86. The van der Waals surface area contributed by atoms with Crippen LogP contribution in [-0.4, -0.2) is 0 Å². The highest BCUT2D eigenvalue weighted by Gasteiger charge is 2.03. The van der Waals surface area contributed by atoms with Crippen LogP contribution in [0.15, 0.2) is 267 Å². The molecule has 99 heavy (non-hydrogen) atoms. The average Bonchev–Trinajstić information content (AvgIpc) is 0.864. The molecule has 0 aliphatic carbocycles. The van der Waals surface area contributed by atoms with Crippen LogP contribution in [0.2, 0.25) is 0 Å². The van der Waals surface area contributed by atoms with E-state index in [2.05, 4.69) is 215 Å². The van der Waals surface area contributed by atoms with Gasteiger partial charge < -0.3 is 14.2 Å². The van der Waals surface area contributed by atoms with Crippen molar-refractivity contribution in [3.8, 4) is 67.9 Å². The van der Waals surface area contributed by atoms with Gasteiger partial charge in [-0.25, -0.2) is 0 Å². The summed E-state index contributed by atoms with van der Waals surface area (Å²) < 4.78 is 17.3. The van der Waals surface area contributed by atoms with Crippen LogP contribution in [0.1, 0.15) is 194 Å². The minimum absolute atomic E-state index is 0.792. The molecule has 0 fully saturated rings. The van der Waals surface area contributed by atoms with Crippen molar-refractivity contribution in [1.82, 2.24) is 0 Å². The molecule has 0 aromatic heterocycles. The lowest BCUT2D eigenvalue weighted by Gasteiger charge is -2.08. The van der Waals surface area contributed by atoms with Crippen LogP contribution < -0.4 is 14.2 Å². The van der Waals surface area contributed by atoms with Gasteiger partial charge in [0.25, 0.3) is 0 Å². The zero-order valence-electron chi connectivity index (χ0n) is 67.6. The Labute approximate surface area is 608 Å². The smallest absolute Gasteiger partial charge is 0.127 e. The Kier molecular flexibility index (Phi) is 61.8. The predicted molar refractivity (Wildman–Crippen MR) is 449 cm³/mol. The summed E-state index contributed by atoms with van der Waals surface area (Å²) in [4.78, 5) is 0. The summed E-state index contributed by atoms with van der Waals surface area (Å²) in [7, 11) is 0. The van der Waals surface area contributed by atoms with Crippen molar-refractivity contribution in [1.29, 1.82) is 0 Å². The van der Waals surface area contributed by atoms with E-state index in [-0.39, 0.29) is 0 Å². The zero-order chi connectivity index (χ0) is 75.9. The van der Waals surface area contributed by atoms with Crippen molar-refractivity contribution >= 4 is 0 Å². The molecule has 11 aromatic carbocycles. The molecule has 0 saturated carbocycles. The fourth-order valence-corrected chi connectivity index (χ4v) is 7.89. The van der Waals surface area contributed by atoms with Crippen LogP contribution in [0, 0.1) is 69.2 Å². The Hall–Kier alpha value is -9.18. The summed E-state index contributed by atoms with van der Waals surface area (Å²) in [5, 5.41) is 0. The minimum atomic E-state index is 0.792. The maximum Gasteiger partial charge on any atom is 0.127 e. The number of rotatable bonds is 9. The summed E-state index contributed by atoms with van der Waals surface area (Å²) in [5.74, 6) is 5.00. The van der Waals surface area contributed by atoms with Crippen molar-refractivity contribution < 1.29 is 14.2 Å². The SMILES string of the molecule is CC.CC.CC.CC.CC.CC.CC.CC.CC.CC.Cc1ccc(-c2ccc(-c3ccc(C)cc3)cc2)cc1.Cc1ccc(-c2ccc(C)cc2)cc1.Cc1ccc(C)cc1.Cc1ccc(Oc2ccc(C)cc2)cc1.Cc1ccc(Oc2ccc(Oc3ccc(C)cc3)cc2)cc1. The molecular formula is C96H134O3. The normalized spacial score (nSPS) is 8.71. The van der Waals surface area contributed by atoms with E-state index in [4.69, 9.17) is 14.2 Å². The lowest BCUT2D eigenvalue weighted by atomic mass is 9.99. The molecule has 0 atom stereocenters. The van der Waals surface area contributed by atoms with Crippen molar-refractivity contribution in [2.24, 2.45) is 0 Å². The highest BCUT2D eigenvalue weighted by Crippen LogP contribution is 2.29. The van der Waals surface area contributed by atoms with E-state index >= 15 is 0 Å². The standard InChI is InChI=1S/C20H18O2.C20H18.C14H14O.C14H14.C8H10.10C2H6/c1-15-3-7-17(8-4-15)21-19-11-13-20(14-12-19)22-18-9-5-16(2)6-10-18;1-15-3-7-17(8-4-15)19-11-13-20(14-12-19)18-9-5-16(2)6-10-18;1-11-3-7-13(8-4-11)15-14-9-5-12(2)6-10-14;1-11-3-7-13(8-4-11)14-9-5-12(2)6-10-14;1-7-3-5-8(2)6-4-7;10*1-2/h3-14H,1-2H3;3-14H,1-2H3;3-10H,1-2H3;3-10H,1-2H3;3-6H,1-2H3;10*1-2H3. The highest BCUT2D eigenvalue weighted by molar-refractivity contribution is 5.71. The third kappa shape index (κ3) is 43.0. The Morgan fingerprint density at radius 3 is 0.293 bits per heavy atom. The fraction of sp³-hybridized carbons (Fsp3) is 0.312. The van der Waals surface area contributed by atoms with Gasteiger partial charge >= 0.3 is 0 Å². The first-order valence-corrected chi connectivity index (χ1v) is 37.0. The van der Waals surface area contributed by atoms with E-state index in [1.807, 2.05) is 260 Å². The van der Waals surface area contributed by atoms with Gasteiger partial charge in [-0.3, -0.25) is 0 Å². The highest BCUT2D eigenvalue weighted by atomic mass is 16.5. The molecular weight excluding hydrogens is 1200 g/mol. The van der Waals surface area contributed by atoms with E-state index in [0.29, 0.717) is 0 Å². The molecule has 0 heterocycles. The molecule has 0 radical (unpaired) electrons. The summed E-state index contributed by atoms with van der Waals surface area (Å²) >= 11 is 0. The largest absolute Gasteiger partial charge is 0.457 e. The number of aryl methyl sites for hydroxylation is 10. The van der Waals surface area contributed by atoms with Crippen LogP contribution in [0.25, 0.3) is 33.4 Å². The third-order valence-electron chi connectivity index (χ3n) is 12.9. The summed E-state index contributed by atoms with van der Waals surface area (Å²) in [6.07, 6.45) is 0. The Bertz CT molecular complexity index is 3250. The molecule has 0 unspecified atom stereocenters. The van der Waals surface area contributed by atoms with Crippen molar-refractivity contribution in [2.45, 2.75) is 208 Å². The Morgan fingerprint density at radius 1 is 0.111 bits per heavy atom. The van der Waals surface area contributed by atoms with Crippen LogP contribution in [-0.2, 0) is 0 Å². The van der Waals surface area contributed by atoms with E-state index < -0.39 is 0 Å². The van der Waals surface area contributed by atoms with E-state index in [1.54, 1.807) is 0 Å². The first-order chi connectivity index (χ1) is 48.2. The monoisotopic (exact) mass is 1340 g/mol. The molecule has 0 saturated heterocycles. The molecule has 0 bridgehead atoms. The molecule has 0 aliphatic rings. The van der Waals surface area contributed by atoms with Crippen molar-refractivity contribution in [3.63, 3.8) is 0 Å². The molecule has 11 rings (SSSR count). The number of hydrogen-bond acceptors (Lipinski definition) is 3. The maximum atomic E-state index is 5.80. The molecule has 0 spiro atoms.